The van der Waals surface area contributed by atoms with Gasteiger partial charge in [-0.15, -0.1) is 0 Å². The SMILES string of the molecule is COc1ccnc(NNC(=O)c2cnn(Cc3ccccc3)c2C(C)C)n1. The van der Waals surface area contributed by atoms with Gasteiger partial charge >= 0.3 is 0 Å². The minimum atomic E-state index is -0.301. The van der Waals surface area contributed by atoms with Crippen molar-refractivity contribution in [2.75, 3.05) is 12.5 Å². The van der Waals surface area contributed by atoms with Crippen LogP contribution in [0.4, 0.5) is 5.95 Å². The van der Waals surface area contributed by atoms with Gasteiger partial charge in [0.2, 0.25) is 11.8 Å². The van der Waals surface area contributed by atoms with Crippen LogP contribution < -0.4 is 15.6 Å². The molecule has 0 spiro atoms. The van der Waals surface area contributed by atoms with Gasteiger partial charge in [0.25, 0.3) is 5.91 Å². The van der Waals surface area contributed by atoms with Gasteiger partial charge in [-0.25, -0.2) is 4.98 Å². The Morgan fingerprint density at radius 1 is 1.22 bits per heavy atom. The van der Waals surface area contributed by atoms with Gasteiger partial charge in [0.1, 0.15) is 0 Å². The highest BCUT2D eigenvalue weighted by Crippen LogP contribution is 2.20. The Hall–Kier alpha value is -3.42. The molecule has 0 aliphatic carbocycles. The van der Waals surface area contributed by atoms with Crippen LogP contribution in [0.25, 0.3) is 0 Å². The Kier molecular flexibility index (Phi) is 5.65. The number of hydrazine groups is 1. The first-order chi connectivity index (χ1) is 13.1. The van der Waals surface area contributed by atoms with Crippen LogP contribution in [-0.4, -0.2) is 32.8 Å². The number of benzene rings is 1. The first kappa shape index (κ1) is 18.4. The van der Waals surface area contributed by atoms with Crippen molar-refractivity contribution in [1.82, 2.24) is 25.2 Å². The van der Waals surface area contributed by atoms with Crippen molar-refractivity contribution < 1.29 is 9.53 Å². The summed E-state index contributed by atoms with van der Waals surface area (Å²) in [7, 11) is 1.51. The first-order valence-electron chi connectivity index (χ1n) is 8.61. The molecule has 1 amide bonds. The molecule has 0 unspecified atom stereocenters. The molecule has 2 N–H and O–H groups in total. The average Bonchev–Trinajstić information content (AvgIpc) is 3.11. The molecule has 3 aromatic rings. The molecule has 0 fully saturated rings. The monoisotopic (exact) mass is 366 g/mol. The third-order valence-corrected chi connectivity index (χ3v) is 3.97. The van der Waals surface area contributed by atoms with Gasteiger partial charge in [0.05, 0.1) is 31.1 Å². The van der Waals surface area contributed by atoms with E-state index >= 15 is 0 Å². The molecule has 2 aromatic heterocycles. The number of hydrogen-bond acceptors (Lipinski definition) is 6. The largest absolute Gasteiger partial charge is 0.481 e. The standard InChI is InChI=1S/C19H22N6O2/c1-13(2)17-15(11-21-25(17)12-14-7-5-4-6-8-14)18(26)23-24-19-20-10-9-16(22-19)27-3/h4-11,13H,12H2,1-3H3,(H,23,26)(H,20,22,24). The van der Waals surface area contributed by atoms with E-state index in [9.17, 15) is 4.79 Å². The van der Waals surface area contributed by atoms with Crippen molar-refractivity contribution in [1.29, 1.82) is 0 Å². The molecule has 0 radical (unpaired) electrons. The highest BCUT2D eigenvalue weighted by Gasteiger charge is 2.20. The topological polar surface area (TPSA) is 94.0 Å². The van der Waals surface area contributed by atoms with Crippen LogP contribution in [0.5, 0.6) is 5.88 Å². The minimum Gasteiger partial charge on any atom is -0.481 e. The van der Waals surface area contributed by atoms with Crippen molar-refractivity contribution in [2.45, 2.75) is 26.3 Å². The predicted molar refractivity (Wildman–Crippen MR) is 102 cm³/mol. The van der Waals surface area contributed by atoms with Crippen molar-refractivity contribution in [3.63, 3.8) is 0 Å². The fraction of sp³-hybridized carbons (Fsp3) is 0.263. The zero-order chi connectivity index (χ0) is 19.2. The number of hydrogen-bond donors (Lipinski definition) is 2. The van der Waals surface area contributed by atoms with E-state index in [1.165, 1.54) is 13.3 Å². The average molecular weight is 366 g/mol. The highest BCUT2D eigenvalue weighted by molar-refractivity contribution is 5.95. The Morgan fingerprint density at radius 2 is 2.00 bits per heavy atom. The normalized spacial score (nSPS) is 10.7. The summed E-state index contributed by atoms with van der Waals surface area (Å²) in [6, 6.07) is 11.6. The summed E-state index contributed by atoms with van der Waals surface area (Å²) in [5, 5.41) is 4.41. The number of carbonyl (C=O) groups excluding carboxylic acids is 1. The minimum absolute atomic E-state index is 0.130. The number of anilines is 1. The van der Waals surface area contributed by atoms with Crippen LogP contribution in [0, 0.1) is 0 Å². The number of ether oxygens (including phenoxy) is 1. The third-order valence-electron chi connectivity index (χ3n) is 3.97. The Bertz CT molecular complexity index is 908. The summed E-state index contributed by atoms with van der Waals surface area (Å²) in [5.41, 5.74) is 7.82. The van der Waals surface area contributed by atoms with Gasteiger partial charge < -0.3 is 4.74 Å². The van der Waals surface area contributed by atoms with E-state index in [0.29, 0.717) is 18.0 Å². The molecule has 0 bridgehead atoms. The van der Waals surface area contributed by atoms with Crippen molar-refractivity contribution in [2.24, 2.45) is 0 Å². The Morgan fingerprint density at radius 3 is 2.70 bits per heavy atom. The van der Waals surface area contributed by atoms with Crippen molar-refractivity contribution in [3.8, 4) is 5.88 Å². The van der Waals surface area contributed by atoms with Crippen LogP contribution >= 0.6 is 0 Å². The summed E-state index contributed by atoms with van der Waals surface area (Å²) >= 11 is 0. The quantitative estimate of drug-likeness (QED) is 0.624. The maximum Gasteiger partial charge on any atom is 0.273 e. The van der Waals surface area contributed by atoms with E-state index in [1.54, 1.807) is 12.3 Å². The lowest BCUT2D eigenvalue weighted by molar-refractivity contribution is 0.0960. The van der Waals surface area contributed by atoms with Gasteiger partial charge in [-0.1, -0.05) is 44.2 Å². The molecule has 0 aliphatic rings. The van der Waals surface area contributed by atoms with E-state index in [0.717, 1.165) is 11.3 Å². The van der Waals surface area contributed by atoms with Gasteiger partial charge in [-0.05, 0) is 11.5 Å². The molecule has 3 rings (SSSR count). The number of aromatic nitrogens is 4. The molecule has 2 heterocycles. The molecular formula is C19H22N6O2. The Balaban J connectivity index is 1.76. The summed E-state index contributed by atoms with van der Waals surface area (Å²) in [4.78, 5) is 20.8. The van der Waals surface area contributed by atoms with E-state index in [4.69, 9.17) is 4.74 Å². The molecule has 0 aliphatic heterocycles. The third kappa shape index (κ3) is 4.41. The lowest BCUT2D eigenvalue weighted by atomic mass is 10.1. The second-order valence-electron chi connectivity index (χ2n) is 6.24. The molecule has 27 heavy (non-hydrogen) atoms. The highest BCUT2D eigenvalue weighted by atomic mass is 16.5. The van der Waals surface area contributed by atoms with Crippen molar-refractivity contribution in [3.05, 3.63) is 65.6 Å². The van der Waals surface area contributed by atoms with E-state index in [2.05, 4.69) is 25.9 Å². The Labute approximate surface area is 157 Å². The predicted octanol–water partition coefficient (Wildman–Crippen LogP) is 2.61. The zero-order valence-corrected chi connectivity index (χ0v) is 15.5. The summed E-state index contributed by atoms with van der Waals surface area (Å²) in [6.07, 6.45) is 3.12. The van der Waals surface area contributed by atoms with Crippen LogP contribution in [-0.2, 0) is 6.54 Å². The van der Waals surface area contributed by atoms with Crippen molar-refractivity contribution >= 4 is 11.9 Å². The van der Waals surface area contributed by atoms with Crippen LogP contribution in [0.15, 0.2) is 48.8 Å². The fourth-order valence-corrected chi connectivity index (χ4v) is 2.76. The molecule has 0 saturated heterocycles. The maximum atomic E-state index is 12.6. The van der Waals surface area contributed by atoms with Gasteiger partial charge in [0.15, 0.2) is 0 Å². The van der Waals surface area contributed by atoms with Crippen LogP contribution in [0.3, 0.4) is 0 Å². The molecule has 8 heteroatoms. The van der Waals surface area contributed by atoms with Crippen LogP contribution in [0.1, 0.15) is 41.4 Å². The van der Waals surface area contributed by atoms with Gasteiger partial charge in [0, 0.05) is 12.3 Å². The summed E-state index contributed by atoms with van der Waals surface area (Å²) in [6.45, 7) is 4.68. The lowest BCUT2D eigenvalue weighted by Gasteiger charge is -2.13. The smallest absolute Gasteiger partial charge is 0.273 e. The maximum absolute atomic E-state index is 12.6. The summed E-state index contributed by atoms with van der Waals surface area (Å²) < 4.78 is 6.90. The molecule has 8 nitrogen and oxygen atoms in total. The van der Waals surface area contributed by atoms with Gasteiger partial charge in [-0.3, -0.25) is 20.3 Å². The number of nitrogens with one attached hydrogen (secondary N) is 2. The second kappa shape index (κ2) is 8.31. The molecule has 140 valence electrons. The second-order valence-corrected chi connectivity index (χ2v) is 6.24. The number of methoxy groups -OCH3 is 1. The van der Waals surface area contributed by atoms with Gasteiger partial charge in [-0.2, -0.15) is 10.1 Å². The first-order valence-corrected chi connectivity index (χ1v) is 8.61. The molecular weight excluding hydrogens is 344 g/mol. The van der Waals surface area contributed by atoms with E-state index in [1.807, 2.05) is 48.9 Å². The number of amides is 1. The zero-order valence-electron chi connectivity index (χ0n) is 15.5. The fourth-order valence-electron chi connectivity index (χ4n) is 2.76. The summed E-state index contributed by atoms with van der Waals surface area (Å²) in [5.74, 6) is 0.472. The van der Waals surface area contributed by atoms with E-state index < -0.39 is 0 Å². The van der Waals surface area contributed by atoms with Crippen LogP contribution in [0.2, 0.25) is 0 Å². The lowest BCUT2D eigenvalue weighted by Crippen LogP contribution is -2.31. The number of rotatable bonds is 7. The van der Waals surface area contributed by atoms with E-state index in [-0.39, 0.29) is 17.8 Å². The molecule has 0 atom stereocenters. The molecule has 1 aromatic carbocycles. The number of carbonyl (C=O) groups is 1. The number of nitrogens with zero attached hydrogens (tertiary/aromatic N) is 4. The molecule has 0 saturated carbocycles.